The maximum absolute atomic E-state index is 12.3. The summed E-state index contributed by atoms with van der Waals surface area (Å²) >= 11 is 1.52. The van der Waals surface area contributed by atoms with E-state index in [-0.39, 0.29) is 30.3 Å². The predicted molar refractivity (Wildman–Crippen MR) is 115 cm³/mol. The largest absolute Gasteiger partial charge is 0.465 e. The van der Waals surface area contributed by atoms with Gasteiger partial charge in [0.2, 0.25) is 5.91 Å². The van der Waals surface area contributed by atoms with Crippen molar-refractivity contribution < 1.29 is 14.7 Å². The van der Waals surface area contributed by atoms with Crippen molar-refractivity contribution in [3.63, 3.8) is 0 Å². The average Bonchev–Trinajstić information content (AvgIpc) is 3.45. The standard InChI is InChI=1S/C21H29N5O3S/c1-12-4-3-5-18(12)26(21(28)29)15-7-6-14(8-15)17-10-19(25-24-17)23-20(27)9-16-11-22-13(2)30-16/h10-12,14-15,18H,3-9H2,1-2H3,(H,28,29)(H2,23,24,25,27)/t12-,14?,15?,18+/m1/s1. The van der Waals surface area contributed by atoms with Crippen molar-refractivity contribution in [2.24, 2.45) is 5.92 Å². The number of carbonyl (C=O) groups excluding carboxylic acids is 1. The molecule has 2 unspecified atom stereocenters. The second kappa shape index (κ2) is 8.75. The summed E-state index contributed by atoms with van der Waals surface area (Å²) in [5, 5.41) is 20.9. The Morgan fingerprint density at radius 1 is 1.33 bits per heavy atom. The van der Waals surface area contributed by atoms with E-state index in [2.05, 4.69) is 27.4 Å². The smallest absolute Gasteiger partial charge is 0.407 e. The van der Waals surface area contributed by atoms with Crippen molar-refractivity contribution >= 4 is 29.2 Å². The maximum atomic E-state index is 12.3. The normalized spacial score (nSPS) is 26.1. The van der Waals surface area contributed by atoms with Gasteiger partial charge in [-0.05, 0) is 44.9 Å². The van der Waals surface area contributed by atoms with Gasteiger partial charge in [0.25, 0.3) is 0 Å². The minimum absolute atomic E-state index is 0.0500. The van der Waals surface area contributed by atoms with E-state index in [0.29, 0.717) is 11.7 Å². The highest BCUT2D eigenvalue weighted by molar-refractivity contribution is 7.11. The highest BCUT2D eigenvalue weighted by Crippen LogP contribution is 2.40. The zero-order valence-electron chi connectivity index (χ0n) is 17.4. The zero-order chi connectivity index (χ0) is 21.3. The lowest BCUT2D eigenvalue weighted by Gasteiger charge is -2.34. The number of rotatable bonds is 6. The van der Waals surface area contributed by atoms with Gasteiger partial charge < -0.3 is 15.3 Å². The molecule has 0 aromatic carbocycles. The molecule has 4 rings (SSSR count). The summed E-state index contributed by atoms with van der Waals surface area (Å²) < 4.78 is 0. The van der Waals surface area contributed by atoms with Crippen LogP contribution >= 0.6 is 11.3 Å². The van der Waals surface area contributed by atoms with Gasteiger partial charge in [-0.3, -0.25) is 9.89 Å². The highest BCUT2D eigenvalue weighted by Gasteiger charge is 2.40. The summed E-state index contributed by atoms with van der Waals surface area (Å²) in [7, 11) is 0. The molecule has 2 heterocycles. The van der Waals surface area contributed by atoms with E-state index in [0.717, 1.165) is 54.1 Å². The van der Waals surface area contributed by atoms with Crippen LogP contribution in [-0.2, 0) is 11.2 Å². The highest BCUT2D eigenvalue weighted by atomic mass is 32.1. The molecule has 9 heteroatoms. The molecule has 0 aliphatic heterocycles. The Labute approximate surface area is 180 Å². The lowest BCUT2D eigenvalue weighted by molar-refractivity contribution is -0.115. The van der Waals surface area contributed by atoms with Gasteiger partial charge in [0.15, 0.2) is 5.82 Å². The number of anilines is 1. The minimum Gasteiger partial charge on any atom is -0.465 e. The molecule has 2 aromatic rings. The minimum atomic E-state index is -0.796. The molecule has 8 nitrogen and oxygen atoms in total. The molecule has 162 valence electrons. The van der Waals surface area contributed by atoms with Crippen LogP contribution in [-0.4, -0.2) is 49.3 Å². The molecule has 3 N–H and O–H groups in total. The first-order valence-corrected chi connectivity index (χ1v) is 11.5. The van der Waals surface area contributed by atoms with Crippen LogP contribution in [0.2, 0.25) is 0 Å². The number of nitrogens with zero attached hydrogens (tertiary/aromatic N) is 3. The summed E-state index contributed by atoms with van der Waals surface area (Å²) in [6, 6.07) is 2.07. The molecule has 30 heavy (non-hydrogen) atoms. The fourth-order valence-corrected chi connectivity index (χ4v) is 5.84. The molecule has 2 aliphatic rings. The van der Waals surface area contributed by atoms with Crippen molar-refractivity contribution in [1.29, 1.82) is 0 Å². The van der Waals surface area contributed by atoms with Crippen LogP contribution in [0.3, 0.4) is 0 Å². The molecule has 2 aliphatic carbocycles. The number of carboxylic acid groups (broad SMARTS) is 1. The van der Waals surface area contributed by atoms with Crippen molar-refractivity contribution in [1.82, 2.24) is 20.1 Å². The van der Waals surface area contributed by atoms with Gasteiger partial charge >= 0.3 is 6.09 Å². The second-order valence-corrected chi connectivity index (χ2v) is 9.93. The van der Waals surface area contributed by atoms with Crippen molar-refractivity contribution in [3.8, 4) is 0 Å². The van der Waals surface area contributed by atoms with Crippen molar-refractivity contribution in [3.05, 3.63) is 27.8 Å². The number of hydrogen-bond acceptors (Lipinski definition) is 5. The van der Waals surface area contributed by atoms with E-state index in [1.165, 1.54) is 11.3 Å². The van der Waals surface area contributed by atoms with Crippen LogP contribution in [0.25, 0.3) is 0 Å². The van der Waals surface area contributed by atoms with Gasteiger partial charge in [-0.1, -0.05) is 13.3 Å². The van der Waals surface area contributed by atoms with Crippen LogP contribution in [0.1, 0.15) is 66.9 Å². The quantitative estimate of drug-likeness (QED) is 0.636. The first-order valence-electron chi connectivity index (χ1n) is 10.7. The van der Waals surface area contributed by atoms with E-state index < -0.39 is 6.09 Å². The Balaban J connectivity index is 1.36. The third kappa shape index (κ3) is 4.50. The first-order chi connectivity index (χ1) is 14.4. The van der Waals surface area contributed by atoms with Crippen LogP contribution < -0.4 is 5.32 Å². The predicted octanol–water partition coefficient (Wildman–Crippen LogP) is 4.16. The number of aromatic amines is 1. The third-order valence-electron chi connectivity index (χ3n) is 6.50. The van der Waals surface area contributed by atoms with Crippen LogP contribution in [0.4, 0.5) is 10.6 Å². The molecule has 2 aromatic heterocycles. The lowest BCUT2D eigenvalue weighted by Crippen LogP contribution is -2.46. The molecule has 0 radical (unpaired) electrons. The number of nitrogens with one attached hydrogen (secondary N) is 2. The van der Waals surface area contributed by atoms with Crippen molar-refractivity contribution in [2.45, 2.75) is 76.8 Å². The van der Waals surface area contributed by atoms with E-state index >= 15 is 0 Å². The van der Waals surface area contributed by atoms with E-state index in [9.17, 15) is 14.7 Å². The maximum Gasteiger partial charge on any atom is 0.407 e. The van der Waals surface area contributed by atoms with Crippen LogP contribution in [0.15, 0.2) is 12.3 Å². The van der Waals surface area contributed by atoms with Crippen molar-refractivity contribution in [2.75, 3.05) is 5.32 Å². The van der Waals surface area contributed by atoms with Gasteiger partial charge in [-0.2, -0.15) is 5.10 Å². The van der Waals surface area contributed by atoms with Crippen LogP contribution in [0, 0.1) is 12.8 Å². The SMILES string of the molecule is Cc1ncc(CC(=O)Nc2cc(C3CCC(N(C(=O)O)[C@H]4CCC[C@H]4C)C3)[nH]n2)s1. The summed E-state index contributed by atoms with van der Waals surface area (Å²) in [6.45, 7) is 4.08. The molecular formula is C21H29N5O3S. The molecule has 0 spiro atoms. The summed E-state index contributed by atoms with van der Waals surface area (Å²) in [5.41, 5.74) is 0.964. The van der Waals surface area contributed by atoms with Gasteiger partial charge in [-0.15, -0.1) is 11.3 Å². The Kier molecular flexibility index (Phi) is 6.08. The lowest BCUT2D eigenvalue weighted by atomic mass is 10.0. The number of thiazole rings is 1. The summed E-state index contributed by atoms with van der Waals surface area (Å²) in [4.78, 5) is 31.1. The summed E-state index contributed by atoms with van der Waals surface area (Å²) in [6.07, 6.45) is 6.98. The fraction of sp³-hybridized carbons (Fsp3) is 0.619. The number of H-pyrrole nitrogens is 1. The number of aryl methyl sites for hydroxylation is 1. The molecule has 2 saturated carbocycles. The number of amides is 2. The Bertz CT molecular complexity index is 910. The monoisotopic (exact) mass is 431 g/mol. The number of hydrogen-bond donors (Lipinski definition) is 3. The van der Waals surface area contributed by atoms with E-state index in [1.807, 2.05) is 13.0 Å². The Morgan fingerprint density at radius 2 is 2.17 bits per heavy atom. The molecular weight excluding hydrogens is 402 g/mol. The van der Waals surface area contributed by atoms with Gasteiger partial charge in [0.05, 0.1) is 11.4 Å². The average molecular weight is 432 g/mol. The Hall–Kier alpha value is -2.42. The second-order valence-electron chi connectivity index (χ2n) is 8.61. The van der Waals surface area contributed by atoms with E-state index in [1.54, 1.807) is 11.1 Å². The molecule has 2 amide bonds. The zero-order valence-corrected chi connectivity index (χ0v) is 18.2. The molecule has 0 saturated heterocycles. The van der Waals surface area contributed by atoms with E-state index in [4.69, 9.17) is 0 Å². The molecule has 4 atom stereocenters. The fourth-order valence-electron chi connectivity index (χ4n) is 5.04. The van der Waals surface area contributed by atoms with Gasteiger partial charge in [-0.25, -0.2) is 9.78 Å². The molecule has 0 bridgehead atoms. The topological polar surface area (TPSA) is 111 Å². The Morgan fingerprint density at radius 3 is 2.83 bits per heavy atom. The van der Waals surface area contributed by atoms with Gasteiger partial charge in [0, 0.05) is 40.8 Å². The van der Waals surface area contributed by atoms with Crippen LogP contribution in [0.5, 0.6) is 0 Å². The third-order valence-corrected chi connectivity index (χ3v) is 7.41. The summed E-state index contributed by atoms with van der Waals surface area (Å²) in [5.74, 6) is 1.06. The molecule has 2 fully saturated rings. The number of aromatic nitrogens is 3. The van der Waals surface area contributed by atoms with Gasteiger partial charge in [0.1, 0.15) is 0 Å². The first kappa shape index (κ1) is 20.8. The number of carbonyl (C=O) groups is 2.